The van der Waals surface area contributed by atoms with Gasteiger partial charge in [0, 0.05) is 46.7 Å². The Morgan fingerprint density at radius 3 is 1.15 bits per heavy atom. The van der Waals surface area contributed by atoms with E-state index in [1.807, 2.05) is 0 Å². The van der Waals surface area contributed by atoms with Crippen molar-refractivity contribution in [3.63, 3.8) is 0 Å². The highest BCUT2D eigenvalue weighted by Gasteiger charge is 2.31. The van der Waals surface area contributed by atoms with Crippen LogP contribution in [0.3, 0.4) is 0 Å². The summed E-state index contributed by atoms with van der Waals surface area (Å²) in [7, 11) is 0. The summed E-state index contributed by atoms with van der Waals surface area (Å²) in [5.74, 6) is -2.10. The van der Waals surface area contributed by atoms with E-state index in [1.165, 1.54) is 60.7 Å². The summed E-state index contributed by atoms with van der Waals surface area (Å²) in [6.45, 7) is 0. The lowest BCUT2D eigenvalue weighted by Crippen LogP contribution is -2.16. The predicted octanol–water partition coefficient (Wildman–Crippen LogP) is 8.37. The summed E-state index contributed by atoms with van der Waals surface area (Å²) in [6, 6.07) is 20.1. The number of amides is 4. The minimum Gasteiger partial charge on any atom is -0.326 e. The smallest absolute Gasteiger partial charge is 0.326 e. The Morgan fingerprint density at radius 2 is 0.792 bits per heavy atom. The van der Waals surface area contributed by atoms with Crippen molar-refractivity contribution in [1.82, 2.24) is 0 Å². The Morgan fingerprint density at radius 1 is 0.458 bits per heavy atom. The zero-order valence-corrected chi connectivity index (χ0v) is 25.0. The molecule has 0 aliphatic carbocycles. The zero-order valence-electron chi connectivity index (χ0n) is 25.0. The van der Waals surface area contributed by atoms with E-state index < -0.39 is 35.3 Å². The van der Waals surface area contributed by atoms with Gasteiger partial charge in [-0.2, -0.15) is 26.3 Å². The van der Waals surface area contributed by atoms with Gasteiger partial charge in [-0.25, -0.2) is 0 Å². The van der Waals surface area contributed by atoms with E-state index in [-0.39, 0.29) is 47.2 Å². The lowest BCUT2D eigenvalue weighted by molar-refractivity contribution is -0.138. The maximum absolute atomic E-state index is 13.0. The summed E-state index contributed by atoms with van der Waals surface area (Å²) in [5.41, 5.74) is -1.09. The molecule has 4 N–H and O–H groups in total. The summed E-state index contributed by atoms with van der Waals surface area (Å²) in [6.07, 6.45) is -8.34. The van der Waals surface area contributed by atoms with Crippen LogP contribution in [0.1, 0.15) is 57.5 Å². The van der Waals surface area contributed by atoms with Gasteiger partial charge in [0.25, 0.3) is 11.8 Å². The molecule has 250 valence electrons. The normalized spacial score (nSPS) is 11.4. The molecule has 0 saturated heterocycles. The van der Waals surface area contributed by atoms with Crippen LogP contribution in [-0.2, 0) is 21.9 Å². The fraction of sp³-hybridized carbons (Fsp3) is 0.176. The van der Waals surface area contributed by atoms with Gasteiger partial charge in [0.1, 0.15) is 0 Å². The lowest BCUT2D eigenvalue weighted by atomic mass is 10.1. The third kappa shape index (κ3) is 10.4. The first-order chi connectivity index (χ1) is 22.7. The Bertz CT molecular complexity index is 1680. The van der Waals surface area contributed by atoms with Crippen molar-refractivity contribution < 1.29 is 45.5 Å². The van der Waals surface area contributed by atoms with Crippen molar-refractivity contribution in [2.45, 2.75) is 38.0 Å². The number of rotatable bonds is 11. The number of unbranched alkanes of at least 4 members (excludes halogenated alkanes) is 1. The molecule has 0 heterocycles. The first-order valence-electron chi connectivity index (χ1n) is 14.4. The maximum atomic E-state index is 13.0. The second-order valence-corrected chi connectivity index (χ2v) is 10.5. The van der Waals surface area contributed by atoms with Gasteiger partial charge in [-0.15, -0.1) is 0 Å². The molecule has 0 radical (unpaired) electrons. The second-order valence-electron chi connectivity index (χ2n) is 10.5. The average Bonchev–Trinajstić information content (AvgIpc) is 3.03. The first-order valence-corrected chi connectivity index (χ1v) is 14.4. The standard InChI is InChI=1S/C34H28F6N4O4/c35-33(36,37)23-9-5-13-27(19-23)43-31(47)21-7-3-11-25(17-21)41-29(45)15-1-2-16-30(46)42-26-12-4-8-22(18-26)32(48)44-28-14-6-10-24(20-28)34(38,39)40/h3-14,17-20H,1-2,15-16H2,(H,41,45)(H,42,46)(H,43,47)(H,44,48). The topological polar surface area (TPSA) is 116 Å². The fourth-order valence-corrected chi connectivity index (χ4v) is 4.45. The Hall–Kier alpha value is -5.66. The van der Waals surface area contributed by atoms with E-state index in [2.05, 4.69) is 21.3 Å². The van der Waals surface area contributed by atoms with E-state index in [1.54, 1.807) is 12.1 Å². The van der Waals surface area contributed by atoms with Crippen LogP contribution in [0, 0.1) is 0 Å². The SMILES string of the molecule is O=C(CCCCC(=O)Nc1cccc(C(=O)Nc2cccc(C(F)(F)F)c2)c1)Nc1cccc(C(=O)Nc2cccc(C(F)(F)F)c2)c1. The molecule has 4 amide bonds. The molecule has 0 fully saturated rings. The number of carbonyl (C=O) groups excluding carboxylic acids is 4. The molecule has 0 aliphatic rings. The monoisotopic (exact) mass is 670 g/mol. The van der Waals surface area contributed by atoms with E-state index in [0.29, 0.717) is 24.2 Å². The highest BCUT2D eigenvalue weighted by atomic mass is 19.4. The number of anilines is 4. The lowest BCUT2D eigenvalue weighted by Gasteiger charge is -2.11. The predicted molar refractivity (Wildman–Crippen MR) is 167 cm³/mol. The number of benzene rings is 4. The van der Waals surface area contributed by atoms with Crippen molar-refractivity contribution in [1.29, 1.82) is 0 Å². The van der Waals surface area contributed by atoms with Crippen LogP contribution in [0.4, 0.5) is 49.1 Å². The molecular formula is C34H28F6N4O4. The van der Waals surface area contributed by atoms with Crippen LogP contribution < -0.4 is 21.3 Å². The molecule has 48 heavy (non-hydrogen) atoms. The number of hydrogen-bond donors (Lipinski definition) is 4. The third-order valence-corrected chi connectivity index (χ3v) is 6.77. The molecule has 0 saturated carbocycles. The van der Waals surface area contributed by atoms with Gasteiger partial charge in [-0.05, 0) is 85.6 Å². The van der Waals surface area contributed by atoms with Crippen molar-refractivity contribution in [2.75, 3.05) is 21.3 Å². The number of halogens is 6. The number of carbonyl (C=O) groups is 4. The summed E-state index contributed by atoms with van der Waals surface area (Å²) >= 11 is 0. The molecule has 4 aromatic rings. The highest BCUT2D eigenvalue weighted by molar-refractivity contribution is 6.06. The molecular weight excluding hydrogens is 642 g/mol. The van der Waals surface area contributed by atoms with Crippen LogP contribution in [0.5, 0.6) is 0 Å². The minimum absolute atomic E-state index is 0.0412. The first kappa shape index (κ1) is 35.2. The van der Waals surface area contributed by atoms with Crippen molar-refractivity contribution in [3.8, 4) is 0 Å². The van der Waals surface area contributed by atoms with Gasteiger partial charge in [0.15, 0.2) is 0 Å². The molecule has 4 aromatic carbocycles. The van der Waals surface area contributed by atoms with Crippen LogP contribution in [0.15, 0.2) is 97.1 Å². The summed E-state index contributed by atoms with van der Waals surface area (Å²) < 4.78 is 77.8. The molecule has 0 aliphatic heterocycles. The van der Waals surface area contributed by atoms with Gasteiger partial charge < -0.3 is 21.3 Å². The van der Waals surface area contributed by atoms with E-state index >= 15 is 0 Å². The number of alkyl halides is 6. The molecule has 0 bridgehead atoms. The average molecular weight is 671 g/mol. The zero-order chi connectivity index (χ0) is 34.9. The molecule has 0 aromatic heterocycles. The van der Waals surface area contributed by atoms with Gasteiger partial charge in [-0.3, -0.25) is 19.2 Å². The van der Waals surface area contributed by atoms with Crippen LogP contribution >= 0.6 is 0 Å². The van der Waals surface area contributed by atoms with E-state index in [9.17, 15) is 45.5 Å². The maximum Gasteiger partial charge on any atom is 0.416 e. The molecule has 0 spiro atoms. The van der Waals surface area contributed by atoms with Gasteiger partial charge in [-0.1, -0.05) is 24.3 Å². The van der Waals surface area contributed by atoms with Gasteiger partial charge >= 0.3 is 12.4 Å². The summed E-state index contributed by atoms with van der Waals surface area (Å²) in [4.78, 5) is 50.1. The van der Waals surface area contributed by atoms with Crippen LogP contribution in [0.25, 0.3) is 0 Å². The second kappa shape index (κ2) is 15.3. The fourth-order valence-electron chi connectivity index (χ4n) is 4.45. The van der Waals surface area contributed by atoms with Crippen molar-refractivity contribution >= 4 is 46.4 Å². The summed E-state index contributed by atoms with van der Waals surface area (Å²) in [5, 5.41) is 10.1. The van der Waals surface area contributed by atoms with Gasteiger partial charge in [0.05, 0.1) is 11.1 Å². The largest absolute Gasteiger partial charge is 0.416 e. The number of hydrogen-bond acceptors (Lipinski definition) is 4. The van der Waals surface area contributed by atoms with E-state index in [4.69, 9.17) is 0 Å². The van der Waals surface area contributed by atoms with Crippen molar-refractivity contribution in [2.24, 2.45) is 0 Å². The molecule has 8 nitrogen and oxygen atoms in total. The Labute approximate surface area is 270 Å². The van der Waals surface area contributed by atoms with Crippen molar-refractivity contribution in [3.05, 3.63) is 119 Å². The molecule has 4 rings (SSSR count). The van der Waals surface area contributed by atoms with Gasteiger partial charge in [0.2, 0.25) is 11.8 Å². The van der Waals surface area contributed by atoms with Crippen LogP contribution in [0.2, 0.25) is 0 Å². The molecule has 0 atom stereocenters. The molecule has 14 heteroatoms. The quantitative estimate of drug-likeness (QED) is 0.0948. The Balaban J connectivity index is 1.21. The molecule has 0 unspecified atom stereocenters. The number of nitrogens with one attached hydrogen (secondary N) is 4. The third-order valence-electron chi connectivity index (χ3n) is 6.77. The van der Waals surface area contributed by atoms with Crippen LogP contribution in [-0.4, -0.2) is 23.6 Å². The highest BCUT2D eigenvalue weighted by Crippen LogP contribution is 2.32. The van der Waals surface area contributed by atoms with E-state index in [0.717, 1.165) is 24.3 Å². The Kier molecular flexibility index (Phi) is 11.2. The minimum atomic E-state index is -4.57.